The molecule has 0 unspecified atom stereocenters. The monoisotopic (exact) mass is 421 g/mol. The van der Waals surface area contributed by atoms with E-state index in [0.717, 1.165) is 44.6 Å². The predicted molar refractivity (Wildman–Crippen MR) is 115 cm³/mol. The van der Waals surface area contributed by atoms with Crippen LogP contribution in [0.25, 0.3) is 0 Å². The molecule has 2 saturated heterocycles. The smallest absolute Gasteiger partial charge is 0.237 e. The minimum atomic E-state index is -0.246. The van der Waals surface area contributed by atoms with E-state index in [4.69, 9.17) is 9.47 Å². The highest BCUT2D eigenvalue weighted by Gasteiger charge is 2.33. The third-order valence-corrected chi connectivity index (χ3v) is 6.41. The molecule has 2 heterocycles. The molecule has 6 nitrogen and oxygen atoms in total. The zero-order chi connectivity index (χ0) is 21.3. The molecule has 0 aliphatic carbocycles. The fourth-order valence-corrected chi connectivity index (χ4v) is 4.60. The lowest BCUT2D eigenvalue weighted by Crippen LogP contribution is -2.55. The number of carbonyl (C=O) groups excluding carboxylic acids is 1. The molecule has 7 heteroatoms. The maximum Gasteiger partial charge on any atom is 0.237 e. The number of ether oxygens (including phenoxy) is 2. The molecule has 0 bridgehead atoms. The van der Waals surface area contributed by atoms with Crippen LogP contribution in [0.1, 0.15) is 38.3 Å². The van der Waals surface area contributed by atoms with Crippen LogP contribution in [0.15, 0.2) is 24.3 Å². The van der Waals surface area contributed by atoms with Gasteiger partial charge in [-0.05, 0) is 23.6 Å². The highest BCUT2D eigenvalue weighted by molar-refractivity contribution is 5.82. The first-order valence-corrected chi connectivity index (χ1v) is 11.3. The van der Waals surface area contributed by atoms with Crippen LogP contribution in [0, 0.1) is 11.7 Å². The van der Waals surface area contributed by atoms with E-state index < -0.39 is 0 Å². The Balaban J connectivity index is 1.72. The normalized spacial score (nSPS) is 20.8. The SMILES string of the molecule is CCC(CC)[C@H](C(=O)NC[C@@H](c1ccc(F)cc1)N1CCOCC1)N1CCOCC1. The molecule has 1 N–H and O–H groups in total. The molecular weight excluding hydrogens is 385 g/mol. The van der Waals surface area contributed by atoms with E-state index in [-0.39, 0.29) is 23.8 Å². The number of rotatable bonds is 9. The number of carbonyl (C=O) groups is 1. The van der Waals surface area contributed by atoms with Crippen molar-refractivity contribution in [3.05, 3.63) is 35.6 Å². The number of amides is 1. The predicted octanol–water partition coefficient (Wildman–Crippen LogP) is 2.45. The molecule has 0 radical (unpaired) electrons. The summed E-state index contributed by atoms with van der Waals surface area (Å²) in [6, 6.07) is 6.49. The Kier molecular flexibility index (Phi) is 9.05. The summed E-state index contributed by atoms with van der Waals surface area (Å²) in [5.41, 5.74) is 1.02. The molecule has 168 valence electrons. The second kappa shape index (κ2) is 11.7. The van der Waals surface area contributed by atoms with E-state index >= 15 is 0 Å². The van der Waals surface area contributed by atoms with Crippen LogP contribution in [0.4, 0.5) is 4.39 Å². The molecule has 2 atom stereocenters. The van der Waals surface area contributed by atoms with Crippen molar-refractivity contribution in [3.8, 4) is 0 Å². The zero-order valence-electron chi connectivity index (χ0n) is 18.3. The van der Waals surface area contributed by atoms with Gasteiger partial charge in [0.25, 0.3) is 0 Å². The molecule has 2 fully saturated rings. The lowest BCUT2D eigenvalue weighted by Gasteiger charge is -2.39. The van der Waals surface area contributed by atoms with Crippen LogP contribution in [0.3, 0.4) is 0 Å². The highest BCUT2D eigenvalue weighted by Crippen LogP contribution is 2.24. The minimum Gasteiger partial charge on any atom is -0.379 e. The first-order chi connectivity index (χ1) is 14.6. The Hall–Kier alpha value is -1.54. The number of benzene rings is 1. The summed E-state index contributed by atoms with van der Waals surface area (Å²) in [4.78, 5) is 18.0. The van der Waals surface area contributed by atoms with Gasteiger partial charge in [0.1, 0.15) is 5.82 Å². The van der Waals surface area contributed by atoms with Crippen LogP contribution in [-0.2, 0) is 14.3 Å². The number of hydrogen-bond acceptors (Lipinski definition) is 5. The van der Waals surface area contributed by atoms with Crippen molar-refractivity contribution in [3.63, 3.8) is 0 Å². The van der Waals surface area contributed by atoms with Crippen molar-refractivity contribution >= 4 is 5.91 Å². The first-order valence-electron chi connectivity index (χ1n) is 11.3. The molecule has 30 heavy (non-hydrogen) atoms. The number of morpholine rings is 2. The average Bonchev–Trinajstić information content (AvgIpc) is 2.79. The van der Waals surface area contributed by atoms with Crippen molar-refractivity contribution < 1.29 is 18.7 Å². The number of halogens is 1. The standard InChI is InChI=1S/C23H36FN3O3/c1-3-18(4-2)22(27-11-15-30-16-12-27)23(28)25-17-21(26-9-13-29-14-10-26)19-5-7-20(24)8-6-19/h5-8,18,21-22H,3-4,9-17H2,1-2H3,(H,25,28)/t21-,22+/m0/s1. The van der Waals surface area contributed by atoms with Crippen molar-refractivity contribution in [1.82, 2.24) is 15.1 Å². The van der Waals surface area contributed by atoms with Gasteiger partial charge in [-0.3, -0.25) is 14.6 Å². The fraction of sp³-hybridized carbons (Fsp3) is 0.696. The molecule has 2 aliphatic heterocycles. The van der Waals surface area contributed by atoms with Gasteiger partial charge in [-0.1, -0.05) is 38.8 Å². The number of nitrogens with one attached hydrogen (secondary N) is 1. The largest absolute Gasteiger partial charge is 0.379 e. The van der Waals surface area contributed by atoms with E-state index in [0.29, 0.717) is 38.9 Å². The van der Waals surface area contributed by atoms with Gasteiger partial charge in [-0.15, -0.1) is 0 Å². The lowest BCUT2D eigenvalue weighted by molar-refractivity contribution is -0.131. The van der Waals surface area contributed by atoms with E-state index in [1.165, 1.54) is 12.1 Å². The molecule has 0 saturated carbocycles. The van der Waals surface area contributed by atoms with Gasteiger partial charge in [0, 0.05) is 32.7 Å². The van der Waals surface area contributed by atoms with E-state index in [1.807, 2.05) is 12.1 Å². The second-order valence-corrected chi connectivity index (χ2v) is 8.13. The number of nitrogens with zero attached hydrogens (tertiary/aromatic N) is 2. The topological polar surface area (TPSA) is 54.0 Å². The van der Waals surface area contributed by atoms with Crippen molar-refractivity contribution in [2.45, 2.75) is 38.8 Å². The molecule has 0 aromatic heterocycles. The van der Waals surface area contributed by atoms with E-state index in [1.54, 1.807) is 0 Å². The Labute approximate surface area is 179 Å². The average molecular weight is 422 g/mol. The molecule has 3 rings (SSSR count). The van der Waals surface area contributed by atoms with Crippen LogP contribution >= 0.6 is 0 Å². The molecule has 1 aromatic carbocycles. The maximum atomic E-state index is 13.5. The summed E-state index contributed by atoms with van der Waals surface area (Å²) in [5, 5.41) is 3.24. The number of hydrogen-bond donors (Lipinski definition) is 1. The van der Waals surface area contributed by atoms with Gasteiger partial charge in [0.05, 0.1) is 38.5 Å². The van der Waals surface area contributed by atoms with Gasteiger partial charge >= 0.3 is 0 Å². The van der Waals surface area contributed by atoms with Gasteiger partial charge < -0.3 is 14.8 Å². The summed E-state index contributed by atoms with van der Waals surface area (Å²) in [7, 11) is 0. The minimum absolute atomic E-state index is 0.00509. The summed E-state index contributed by atoms with van der Waals surface area (Å²) >= 11 is 0. The quantitative estimate of drug-likeness (QED) is 0.664. The third kappa shape index (κ3) is 6.00. The Morgan fingerprint density at radius 3 is 2.03 bits per heavy atom. The maximum absolute atomic E-state index is 13.5. The summed E-state index contributed by atoms with van der Waals surface area (Å²) in [6.45, 7) is 10.7. The van der Waals surface area contributed by atoms with Crippen molar-refractivity contribution in [2.75, 3.05) is 59.2 Å². The zero-order valence-corrected chi connectivity index (χ0v) is 18.3. The van der Waals surface area contributed by atoms with Crippen LogP contribution in [0.5, 0.6) is 0 Å². The second-order valence-electron chi connectivity index (χ2n) is 8.13. The van der Waals surface area contributed by atoms with Crippen LogP contribution in [-0.4, -0.2) is 80.9 Å². The van der Waals surface area contributed by atoms with Gasteiger partial charge in [0.15, 0.2) is 0 Å². The van der Waals surface area contributed by atoms with Gasteiger partial charge in [-0.2, -0.15) is 0 Å². The van der Waals surface area contributed by atoms with Crippen LogP contribution < -0.4 is 5.32 Å². The molecule has 1 amide bonds. The molecule has 1 aromatic rings. The Bertz CT molecular complexity index is 642. The fourth-order valence-electron chi connectivity index (χ4n) is 4.60. The lowest BCUT2D eigenvalue weighted by atomic mass is 9.91. The summed E-state index contributed by atoms with van der Waals surface area (Å²) in [5.74, 6) is 0.159. The van der Waals surface area contributed by atoms with E-state index in [9.17, 15) is 9.18 Å². The van der Waals surface area contributed by atoms with E-state index in [2.05, 4.69) is 29.0 Å². The molecule has 2 aliphatic rings. The Morgan fingerprint density at radius 2 is 1.50 bits per heavy atom. The van der Waals surface area contributed by atoms with Crippen molar-refractivity contribution in [1.29, 1.82) is 0 Å². The molecule has 0 spiro atoms. The van der Waals surface area contributed by atoms with Crippen LogP contribution in [0.2, 0.25) is 0 Å². The van der Waals surface area contributed by atoms with Gasteiger partial charge in [0.2, 0.25) is 5.91 Å². The highest BCUT2D eigenvalue weighted by atomic mass is 19.1. The Morgan fingerprint density at radius 1 is 0.967 bits per heavy atom. The van der Waals surface area contributed by atoms with Gasteiger partial charge in [-0.25, -0.2) is 4.39 Å². The van der Waals surface area contributed by atoms with Crippen molar-refractivity contribution in [2.24, 2.45) is 5.92 Å². The third-order valence-electron chi connectivity index (χ3n) is 6.41. The first kappa shape index (κ1) is 23.1. The molecular formula is C23H36FN3O3. The summed E-state index contributed by atoms with van der Waals surface area (Å²) in [6.07, 6.45) is 1.94. The summed E-state index contributed by atoms with van der Waals surface area (Å²) < 4.78 is 24.5.